The second kappa shape index (κ2) is 11.3. The molecule has 2 rings (SSSR count). The highest BCUT2D eigenvalue weighted by atomic mass is 16.5. The number of unbranched alkanes of at least 4 members (excludes halogenated alkanes) is 7. The van der Waals surface area contributed by atoms with Gasteiger partial charge in [-0.3, -0.25) is 4.79 Å². The van der Waals surface area contributed by atoms with Gasteiger partial charge in [-0.1, -0.05) is 89.5 Å². The van der Waals surface area contributed by atoms with Gasteiger partial charge in [0.15, 0.2) is 0 Å². The molecule has 2 atom stereocenters. The zero-order valence-corrected chi connectivity index (χ0v) is 16.3. The van der Waals surface area contributed by atoms with E-state index in [2.05, 4.69) is 38.1 Å². The van der Waals surface area contributed by atoms with Gasteiger partial charge in [-0.05, 0) is 30.4 Å². The topological polar surface area (TPSA) is 26.3 Å². The van der Waals surface area contributed by atoms with E-state index < -0.39 is 0 Å². The maximum Gasteiger partial charge on any atom is 0.309 e. The summed E-state index contributed by atoms with van der Waals surface area (Å²) in [4.78, 5) is 12.1. The van der Waals surface area contributed by atoms with E-state index in [1.807, 2.05) is 0 Å². The number of cyclic esters (lactones) is 1. The standard InChI is InChI=1S/C23H36O2/c1-3-5-7-8-9-11-13-21-18-22(25-23(21)24)20-16-14-19(15-17-20)12-10-6-4-2/h14-17,21-22H,3-13,18H2,1-2H3. The minimum absolute atomic E-state index is 0.0191. The Bertz CT molecular complexity index is 491. The lowest BCUT2D eigenvalue weighted by molar-refractivity contribution is -0.144. The van der Waals surface area contributed by atoms with Crippen molar-refractivity contribution in [1.82, 2.24) is 0 Å². The average Bonchev–Trinajstić information content (AvgIpc) is 3.00. The van der Waals surface area contributed by atoms with E-state index in [0.29, 0.717) is 0 Å². The second-order valence-electron chi connectivity index (χ2n) is 7.61. The Morgan fingerprint density at radius 2 is 1.52 bits per heavy atom. The van der Waals surface area contributed by atoms with Crippen LogP contribution in [0.2, 0.25) is 0 Å². The summed E-state index contributed by atoms with van der Waals surface area (Å²) in [6.45, 7) is 4.48. The first-order chi connectivity index (χ1) is 12.2. The molecule has 1 fully saturated rings. The molecule has 2 nitrogen and oxygen atoms in total. The number of aryl methyl sites for hydroxylation is 1. The maximum atomic E-state index is 12.1. The molecule has 1 heterocycles. The monoisotopic (exact) mass is 344 g/mol. The van der Waals surface area contributed by atoms with Crippen LogP contribution in [0.15, 0.2) is 24.3 Å². The summed E-state index contributed by atoms with van der Waals surface area (Å²) in [6, 6.07) is 8.73. The van der Waals surface area contributed by atoms with Crippen LogP contribution in [-0.2, 0) is 16.0 Å². The van der Waals surface area contributed by atoms with Crippen molar-refractivity contribution in [3.8, 4) is 0 Å². The Hall–Kier alpha value is -1.31. The normalized spacial score (nSPS) is 20.0. The van der Waals surface area contributed by atoms with Crippen molar-refractivity contribution in [2.24, 2.45) is 5.92 Å². The molecule has 1 aliphatic rings. The van der Waals surface area contributed by atoms with Crippen molar-refractivity contribution in [3.63, 3.8) is 0 Å². The maximum absolute atomic E-state index is 12.1. The summed E-state index contributed by atoms with van der Waals surface area (Å²) in [5.74, 6) is 0.131. The van der Waals surface area contributed by atoms with Gasteiger partial charge >= 0.3 is 5.97 Å². The number of rotatable bonds is 12. The fourth-order valence-electron chi connectivity index (χ4n) is 3.73. The predicted molar refractivity (Wildman–Crippen MR) is 105 cm³/mol. The fraction of sp³-hybridized carbons (Fsp3) is 0.696. The summed E-state index contributed by atoms with van der Waals surface area (Å²) >= 11 is 0. The Balaban J connectivity index is 1.73. The zero-order chi connectivity index (χ0) is 17.9. The lowest BCUT2D eigenvalue weighted by Crippen LogP contribution is -2.07. The first-order valence-corrected chi connectivity index (χ1v) is 10.5. The summed E-state index contributed by atoms with van der Waals surface area (Å²) in [7, 11) is 0. The van der Waals surface area contributed by atoms with E-state index in [1.54, 1.807) is 0 Å². The minimum atomic E-state index is -0.0257. The molecule has 0 bridgehead atoms. The molecule has 1 saturated heterocycles. The Morgan fingerprint density at radius 3 is 2.24 bits per heavy atom. The highest BCUT2D eigenvalue weighted by Crippen LogP contribution is 2.36. The largest absolute Gasteiger partial charge is 0.457 e. The minimum Gasteiger partial charge on any atom is -0.457 e. The molecule has 1 aliphatic heterocycles. The van der Waals surface area contributed by atoms with Crippen molar-refractivity contribution in [3.05, 3.63) is 35.4 Å². The summed E-state index contributed by atoms with van der Waals surface area (Å²) in [6.07, 6.45) is 14.5. The first-order valence-electron chi connectivity index (χ1n) is 10.5. The van der Waals surface area contributed by atoms with Gasteiger partial charge in [-0.25, -0.2) is 0 Å². The number of hydrogen-bond acceptors (Lipinski definition) is 2. The quantitative estimate of drug-likeness (QED) is 0.309. The van der Waals surface area contributed by atoms with Gasteiger partial charge in [-0.15, -0.1) is 0 Å². The van der Waals surface area contributed by atoms with E-state index in [-0.39, 0.29) is 18.0 Å². The predicted octanol–water partition coefficient (Wildman–Crippen LogP) is 6.77. The summed E-state index contributed by atoms with van der Waals surface area (Å²) < 4.78 is 5.66. The molecule has 0 aliphatic carbocycles. The lowest BCUT2D eigenvalue weighted by atomic mass is 9.94. The molecule has 1 aromatic carbocycles. The van der Waals surface area contributed by atoms with Gasteiger partial charge in [0.1, 0.15) is 6.10 Å². The number of hydrogen-bond donors (Lipinski definition) is 0. The third-order valence-electron chi connectivity index (χ3n) is 5.42. The molecular weight excluding hydrogens is 308 g/mol. The molecule has 1 aromatic rings. The van der Waals surface area contributed by atoms with Gasteiger partial charge < -0.3 is 4.74 Å². The highest BCUT2D eigenvalue weighted by Gasteiger charge is 2.34. The van der Waals surface area contributed by atoms with Gasteiger partial charge in [-0.2, -0.15) is 0 Å². The Labute approximate surface area is 154 Å². The van der Waals surface area contributed by atoms with Crippen molar-refractivity contribution in [1.29, 1.82) is 0 Å². The average molecular weight is 345 g/mol. The molecule has 2 heteroatoms. The highest BCUT2D eigenvalue weighted by molar-refractivity contribution is 5.74. The summed E-state index contributed by atoms with van der Waals surface area (Å²) in [5.41, 5.74) is 2.56. The van der Waals surface area contributed by atoms with Crippen LogP contribution in [0.25, 0.3) is 0 Å². The Morgan fingerprint density at radius 1 is 0.880 bits per heavy atom. The van der Waals surface area contributed by atoms with E-state index in [0.717, 1.165) is 31.2 Å². The van der Waals surface area contributed by atoms with Gasteiger partial charge in [0.05, 0.1) is 5.92 Å². The van der Waals surface area contributed by atoms with Gasteiger partial charge in [0.25, 0.3) is 0 Å². The molecule has 0 radical (unpaired) electrons. The molecular formula is C23H36O2. The van der Waals surface area contributed by atoms with Crippen molar-refractivity contribution in [2.75, 3.05) is 0 Å². The fourth-order valence-corrected chi connectivity index (χ4v) is 3.73. The SMILES string of the molecule is CCCCCCCCC1CC(c2ccc(CCCCC)cc2)OC1=O. The van der Waals surface area contributed by atoms with Crippen molar-refractivity contribution >= 4 is 5.97 Å². The van der Waals surface area contributed by atoms with Crippen molar-refractivity contribution in [2.45, 2.75) is 97.0 Å². The Kier molecular flexibility index (Phi) is 9.07. The second-order valence-corrected chi connectivity index (χ2v) is 7.61. The molecule has 0 aromatic heterocycles. The van der Waals surface area contributed by atoms with Gasteiger partial charge in [0, 0.05) is 6.42 Å². The van der Waals surface area contributed by atoms with Crippen LogP contribution in [0.1, 0.15) is 102 Å². The van der Waals surface area contributed by atoms with Crippen molar-refractivity contribution < 1.29 is 9.53 Å². The van der Waals surface area contributed by atoms with E-state index in [1.165, 1.54) is 56.9 Å². The number of benzene rings is 1. The van der Waals surface area contributed by atoms with E-state index in [4.69, 9.17) is 4.74 Å². The molecule has 140 valence electrons. The lowest BCUT2D eigenvalue weighted by Gasteiger charge is -2.10. The first kappa shape index (κ1) is 20.0. The molecule has 25 heavy (non-hydrogen) atoms. The van der Waals surface area contributed by atoms with E-state index >= 15 is 0 Å². The number of carbonyl (C=O) groups excluding carboxylic acids is 1. The van der Waals surface area contributed by atoms with Crippen LogP contribution >= 0.6 is 0 Å². The third kappa shape index (κ3) is 6.84. The molecule has 2 unspecified atom stereocenters. The van der Waals surface area contributed by atoms with Gasteiger partial charge in [0.2, 0.25) is 0 Å². The smallest absolute Gasteiger partial charge is 0.309 e. The summed E-state index contributed by atoms with van der Waals surface area (Å²) in [5, 5.41) is 0. The number of carbonyl (C=O) groups is 1. The van der Waals surface area contributed by atoms with Crippen LogP contribution in [0, 0.1) is 5.92 Å². The zero-order valence-electron chi connectivity index (χ0n) is 16.3. The van der Waals surface area contributed by atoms with Crippen LogP contribution in [0.5, 0.6) is 0 Å². The van der Waals surface area contributed by atoms with Crippen LogP contribution in [0.4, 0.5) is 0 Å². The van der Waals surface area contributed by atoms with Crippen LogP contribution in [-0.4, -0.2) is 5.97 Å². The number of ether oxygens (including phenoxy) is 1. The van der Waals surface area contributed by atoms with Crippen LogP contribution in [0.3, 0.4) is 0 Å². The molecule has 0 amide bonds. The number of esters is 1. The van der Waals surface area contributed by atoms with E-state index in [9.17, 15) is 4.79 Å². The molecule has 0 spiro atoms. The molecule has 0 N–H and O–H groups in total. The molecule has 0 saturated carbocycles. The third-order valence-corrected chi connectivity index (χ3v) is 5.42. The van der Waals surface area contributed by atoms with Crippen LogP contribution < -0.4 is 0 Å².